The zero-order valence-electron chi connectivity index (χ0n) is 14.2. The van der Waals surface area contributed by atoms with Crippen molar-refractivity contribution < 1.29 is 14.4 Å². The first kappa shape index (κ1) is 17.0. The smallest absolute Gasteiger partial charge is 0.324 e. The summed E-state index contributed by atoms with van der Waals surface area (Å²) in [6.45, 7) is 1.67. The Morgan fingerprint density at radius 2 is 2.24 bits per heavy atom. The van der Waals surface area contributed by atoms with Crippen LogP contribution in [0.2, 0.25) is 0 Å². The van der Waals surface area contributed by atoms with Gasteiger partial charge in [0.2, 0.25) is 5.91 Å². The van der Waals surface area contributed by atoms with E-state index in [1.807, 2.05) is 6.92 Å². The summed E-state index contributed by atoms with van der Waals surface area (Å²) in [5, 5.41) is 5.52. The highest BCUT2D eigenvalue weighted by molar-refractivity contribution is 6.10. The normalized spacial score (nSPS) is 25.6. The Hall–Kier alpha value is -2.81. The first-order valence-electron chi connectivity index (χ1n) is 8.47. The summed E-state index contributed by atoms with van der Waals surface area (Å²) in [7, 11) is 0. The van der Waals surface area contributed by atoms with Gasteiger partial charge in [-0.3, -0.25) is 14.5 Å². The Balaban J connectivity index is 1.70. The van der Waals surface area contributed by atoms with Crippen LogP contribution in [0.4, 0.5) is 10.5 Å². The maximum atomic E-state index is 12.8. The van der Waals surface area contributed by atoms with E-state index in [9.17, 15) is 14.4 Å². The SMILES string of the molecule is C#Cc1cccc(NC(=O)CN2C(=O)NC3(CCCCC3C)C2=O)c1. The average molecular weight is 339 g/mol. The molecule has 25 heavy (non-hydrogen) atoms. The van der Waals surface area contributed by atoms with Crippen LogP contribution >= 0.6 is 0 Å². The van der Waals surface area contributed by atoms with Crippen LogP contribution < -0.4 is 10.6 Å². The molecule has 0 bridgehead atoms. The Morgan fingerprint density at radius 3 is 2.96 bits per heavy atom. The zero-order chi connectivity index (χ0) is 18.0. The van der Waals surface area contributed by atoms with E-state index in [1.165, 1.54) is 0 Å². The highest BCUT2D eigenvalue weighted by atomic mass is 16.2. The standard InChI is InChI=1S/C19H21N3O3/c1-3-14-8-6-9-15(11-14)20-16(23)12-22-17(24)19(21-18(22)25)10-5-4-7-13(19)2/h1,6,8-9,11,13H,4-5,7,10,12H2,2H3,(H,20,23)(H,21,25). The van der Waals surface area contributed by atoms with Crippen LogP contribution in [0.5, 0.6) is 0 Å². The van der Waals surface area contributed by atoms with Crippen LogP contribution in [0.15, 0.2) is 24.3 Å². The quantitative estimate of drug-likeness (QED) is 0.654. The molecule has 2 aliphatic rings. The average Bonchev–Trinajstić information content (AvgIpc) is 2.83. The number of terminal acetylenes is 1. The van der Waals surface area contributed by atoms with Crippen LogP contribution in [0, 0.1) is 18.3 Å². The second-order valence-electron chi connectivity index (χ2n) is 6.71. The third kappa shape index (κ3) is 3.10. The molecule has 0 aromatic heterocycles. The second-order valence-corrected chi connectivity index (χ2v) is 6.71. The summed E-state index contributed by atoms with van der Waals surface area (Å²) < 4.78 is 0. The molecule has 2 unspecified atom stereocenters. The van der Waals surface area contributed by atoms with Crippen molar-refractivity contribution in [2.75, 3.05) is 11.9 Å². The monoisotopic (exact) mass is 339 g/mol. The molecule has 1 saturated carbocycles. The van der Waals surface area contributed by atoms with Gasteiger partial charge in [0.05, 0.1) is 0 Å². The number of benzene rings is 1. The van der Waals surface area contributed by atoms with E-state index < -0.39 is 17.5 Å². The molecule has 4 amide bonds. The molecule has 1 aliphatic carbocycles. The van der Waals surface area contributed by atoms with E-state index in [4.69, 9.17) is 6.42 Å². The third-order valence-corrected chi connectivity index (χ3v) is 5.12. The number of carbonyl (C=O) groups excluding carboxylic acids is 3. The summed E-state index contributed by atoms with van der Waals surface area (Å²) in [4.78, 5) is 38.4. The Labute approximate surface area is 147 Å². The highest BCUT2D eigenvalue weighted by Gasteiger charge is 2.55. The van der Waals surface area contributed by atoms with Crippen molar-refractivity contribution in [3.05, 3.63) is 29.8 Å². The summed E-state index contributed by atoms with van der Waals surface area (Å²) in [5.41, 5.74) is 0.329. The van der Waals surface area contributed by atoms with Crippen molar-refractivity contribution >= 4 is 23.5 Å². The number of urea groups is 1. The lowest BCUT2D eigenvalue weighted by Crippen LogP contribution is -2.54. The number of rotatable bonds is 3. The highest BCUT2D eigenvalue weighted by Crippen LogP contribution is 2.38. The predicted molar refractivity (Wildman–Crippen MR) is 93.6 cm³/mol. The molecule has 130 valence electrons. The first-order valence-corrected chi connectivity index (χ1v) is 8.47. The van der Waals surface area contributed by atoms with Gasteiger partial charge in [-0.1, -0.05) is 31.8 Å². The summed E-state index contributed by atoms with van der Waals surface area (Å²) in [6, 6.07) is 6.36. The molecule has 2 atom stereocenters. The zero-order valence-corrected chi connectivity index (χ0v) is 14.2. The van der Waals surface area contributed by atoms with E-state index in [1.54, 1.807) is 24.3 Å². The van der Waals surface area contributed by atoms with Gasteiger partial charge in [-0.05, 0) is 37.0 Å². The van der Waals surface area contributed by atoms with Gasteiger partial charge in [0, 0.05) is 11.3 Å². The van der Waals surface area contributed by atoms with Gasteiger partial charge in [-0.2, -0.15) is 0 Å². The van der Waals surface area contributed by atoms with Crippen LogP contribution in [-0.4, -0.2) is 34.8 Å². The fraction of sp³-hybridized carbons (Fsp3) is 0.421. The first-order chi connectivity index (χ1) is 12.0. The molecule has 2 fully saturated rings. The Morgan fingerprint density at radius 1 is 1.44 bits per heavy atom. The Kier molecular flexibility index (Phi) is 4.49. The van der Waals surface area contributed by atoms with Crippen molar-refractivity contribution in [1.82, 2.24) is 10.2 Å². The van der Waals surface area contributed by atoms with E-state index in [2.05, 4.69) is 16.6 Å². The number of imide groups is 1. The topological polar surface area (TPSA) is 78.5 Å². The number of carbonyl (C=O) groups is 3. The van der Waals surface area contributed by atoms with Crippen molar-refractivity contribution in [1.29, 1.82) is 0 Å². The molecule has 1 aromatic carbocycles. The van der Waals surface area contributed by atoms with Crippen LogP contribution in [0.3, 0.4) is 0 Å². The molecule has 1 aromatic rings. The van der Waals surface area contributed by atoms with Gasteiger partial charge in [-0.15, -0.1) is 6.42 Å². The van der Waals surface area contributed by atoms with Gasteiger partial charge in [-0.25, -0.2) is 4.79 Å². The van der Waals surface area contributed by atoms with E-state index in [0.717, 1.165) is 24.2 Å². The second kappa shape index (κ2) is 6.60. The number of anilines is 1. The van der Waals surface area contributed by atoms with Crippen molar-refractivity contribution in [2.24, 2.45) is 5.92 Å². The lowest BCUT2D eigenvalue weighted by molar-refractivity contribution is -0.136. The summed E-state index contributed by atoms with van der Waals surface area (Å²) in [5.74, 6) is 1.83. The molecule has 6 nitrogen and oxygen atoms in total. The van der Waals surface area contributed by atoms with Crippen molar-refractivity contribution in [3.63, 3.8) is 0 Å². The van der Waals surface area contributed by atoms with Crippen LogP contribution in [-0.2, 0) is 9.59 Å². The molecule has 2 N–H and O–H groups in total. The van der Waals surface area contributed by atoms with Gasteiger partial charge in [0.1, 0.15) is 12.1 Å². The minimum atomic E-state index is -0.848. The molecule has 1 saturated heterocycles. The fourth-order valence-electron chi connectivity index (χ4n) is 3.67. The van der Waals surface area contributed by atoms with E-state index in [-0.39, 0.29) is 18.4 Å². The van der Waals surface area contributed by atoms with Crippen molar-refractivity contribution in [3.8, 4) is 12.3 Å². The number of hydrogen-bond donors (Lipinski definition) is 2. The van der Waals surface area contributed by atoms with Crippen LogP contribution in [0.25, 0.3) is 0 Å². The molecule has 0 radical (unpaired) electrons. The van der Waals surface area contributed by atoms with E-state index in [0.29, 0.717) is 17.7 Å². The molecule has 1 heterocycles. The Bertz CT molecular complexity index is 767. The molecule has 1 spiro atoms. The number of hydrogen-bond acceptors (Lipinski definition) is 3. The van der Waals surface area contributed by atoms with Gasteiger partial charge >= 0.3 is 6.03 Å². The fourth-order valence-corrected chi connectivity index (χ4v) is 3.67. The maximum Gasteiger partial charge on any atom is 0.325 e. The minimum Gasteiger partial charge on any atom is -0.324 e. The molecular weight excluding hydrogens is 318 g/mol. The molecule has 6 heteroatoms. The molecule has 3 rings (SSSR count). The number of nitrogens with zero attached hydrogens (tertiary/aromatic N) is 1. The van der Waals surface area contributed by atoms with E-state index >= 15 is 0 Å². The number of nitrogens with one attached hydrogen (secondary N) is 2. The van der Waals surface area contributed by atoms with Gasteiger partial charge in [0.15, 0.2) is 0 Å². The van der Waals surface area contributed by atoms with Crippen LogP contribution in [0.1, 0.15) is 38.2 Å². The lowest BCUT2D eigenvalue weighted by atomic mass is 9.73. The maximum absolute atomic E-state index is 12.8. The number of amides is 4. The summed E-state index contributed by atoms with van der Waals surface area (Å²) >= 11 is 0. The molecule has 1 aliphatic heterocycles. The lowest BCUT2D eigenvalue weighted by Gasteiger charge is -2.36. The molecular formula is C19H21N3O3. The van der Waals surface area contributed by atoms with Gasteiger partial charge in [0.25, 0.3) is 5.91 Å². The summed E-state index contributed by atoms with van der Waals surface area (Å²) in [6.07, 6.45) is 8.81. The third-order valence-electron chi connectivity index (χ3n) is 5.12. The van der Waals surface area contributed by atoms with Gasteiger partial charge < -0.3 is 10.6 Å². The predicted octanol–water partition coefficient (Wildman–Crippen LogP) is 2.11. The minimum absolute atomic E-state index is 0.0677. The largest absolute Gasteiger partial charge is 0.325 e. The van der Waals surface area contributed by atoms with Crippen molar-refractivity contribution in [2.45, 2.75) is 38.1 Å².